The molecule has 28 heavy (non-hydrogen) atoms. The summed E-state index contributed by atoms with van der Waals surface area (Å²) >= 11 is 5.50. The van der Waals surface area contributed by atoms with Gasteiger partial charge in [-0.05, 0) is 35.9 Å². The van der Waals surface area contributed by atoms with Crippen molar-refractivity contribution in [2.75, 3.05) is 0 Å². The van der Waals surface area contributed by atoms with Gasteiger partial charge >= 0.3 is 6.18 Å². The van der Waals surface area contributed by atoms with Gasteiger partial charge in [0.1, 0.15) is 5.82 Å². The second kappa shape index (κ2) is 7.53. The molecule has 5 nitrogen and oxygen atoms in total. The van der Waals surface area contributed by atoms with Crippen molar-refractivity contribution >= 4 is 21.6 Å². The average Bonchev–Trinajstić information content (AvgIpc) is 3.13. The first-order valence-corrected chi connectivity index (χ1v) is 9.57. The van der Waals surface area contributed by atoms with E-state index in [-0.39, 0.29) is 17.8 Å². The number of nitrogens with one attached hydrogen (secondary N) is 1. The van der Waals surface area contributed by atoms with E-state index >= 15 is 0 Å². The first-order valence-electron chi connectivity index (χ1n) is 7.71. The zero-order valence-corrected chi connectivity index (χ0v) is 15.5. The summed E-state index contributed by atoms with van der Waals surface area (Å²) in [5, 5.41) is -0.608. The first kappa shape index (κ1) is 20.3. The Morgan fingerprint density at radius 3 is 2.50 bits per heavy atom. The monoisotopic (exact) mass is 433 g/mol. The van der Waals surface area contributed by atoms with Gasteiger partial charge in [0.25, 0.3) is 0 Å². The van der Waals surface area contributed by atoms with Crippen LogP contribution in [-0.2, 0) is 22.7 Å². The fourth-order valence-electron chi connectivity index (χ4n) is 2.42. The number of nitrogens with zero attached hydrogens (tertiary/aromatic N) is 2. The maximum absolute atomic E-state index is 14.2. The number of rotatable bonds is 5. The van der Waals surface area contributed by atoms with Crippen molar-refractivity contribution in [3.8, 4) is 5.69 Å². The SMILES string of the molecule is O=S(=O)(NCc1ccc(-n2ccnc2)c(F)c1)c1ccc(Cl)c(C(F)(F)F)c1. The Morgan fingerprint density at radius 1 is 1.14 bits per heavy atom. The third-order valence-electron chi connectivity index (χ3n) is 3.81. The molecule has 0 amide bonds. The van der Waals surface area contributed by atoms with Crippen LogP contribution in [0.25, 0.3) is 5.69 Å². The number of halogens is 5. The molecule has 11 heteroatoms. The van der Waals surface area contributed by atoms with Crippen LogP contribution in [-0.4, -0.2) is 18.0 Å². The molecular weight excluding hydrogens is 422 g/mol. The van der Waals surface area contributed by atoms with Gasteiger partial charge in [-0.25, -0.2) is 22.5 Å². The molecule has 0 spiro atoms. The third-order valence-corrected chi connectivity index (χ3v) is 5.54. The average molecular weight is 434 g/mol. The lowest BCUT2D eigenvalue weighted by molar-refractivity contribution is -0.137. The molecule has 1 N–H and O–H groups in total. The Kier molecular flexibility index (Phi) is 5.46. The van der Waals surface area contributed by atoms with E-state index in [4.69, 9.17) is 11.6 Å². The Morgan fingerprint density at radius 2 is 1.89 bits per heavy atom. The van der Waals surface area contributed by atoms with Crippen molar-refractivity contribution in [1.29, 1.82) is 0 Å². The number of hydrogen-bond acceptors (Lipinski definition) is 3. The summed E-state index contributed by atoms with van der Waals surface area (Å²) in [6.45, 7) is -0.312. The van der Waals surface area contributed by atoms with E-state index in [2.05, 4.69) is 9.71 Å². The number of alkyl halides is 3. The second-order valence-electron chi connectivity index (χ2n) is 5.72. The van der Waals surface area contributed by atoms with Gasteiger partial charge in [-0.2, -0.15) is 13.2 Å². The quantitative estimate of drug-likeness (QED) is 0.614. The number of imidazole rings is 1. The normalized spacial score (nSPS) is 12.3. The zero-order valence-electron chi connectivity index (χ0n) is 13.9. The summed E-state index contributed by atoms with van der Waals surface area (Å²) in [4.78, 5) is 3.21. The lowest BCUT2D eigenvalue weighted by Crippen LogP contribution is -2.24. The van der Waals surface area contributed by atoms with Gasteiger partial charge in [-0.3, -0.25) is 0 Å². The Labute approximate surface area is 162 Å². The first-order chi connectivity index (χ1) is 13.1. The summed E-state index contributed by atoms with van der Waals surface area (Å²) in [6.07, 6.45) is -0.378. The van der Waals surface area contributed by atoms with Crippen LogP contribution in [0.1, 0.15) is 11.1 Å². The fraction of sp³-hybridized carbons (Fsp3) is 0.118. The molecule has 0 fully saturated rings. The van der Waals surface area contributed by atoms with Crippen LogP contribution in [0.3, 0.4) is 0 Å². The molecule has 0 atom stereocenters. The van der Waals surface area contributed by atoms with Crippen LogP contribution in [0.4, 0.5) is 17.6 Å². The third kappa shape index (κ3) is 4.34. The molecule has 0 saturated carbocycles. The van der Waals surface area contributed by atoms with E-state index < -0.39 is 37.5 Å². The van der Waals surface area contributed by atoms with Gasteiger partial charge in [-0.1, -0.05) is 17.7 Å². The van der Waals surface area contributed by atoms with E-state index in [1.165, 1.54) is 29.2 Å². The maximum Gasteiger partial charge on any atom is 0.417 e. The van der Waals surface area contributed by atoms with Crippen LogP contribution < -0.4 is 4.72 Å². The highest BCUT2D eigenvalue weighted by Crippen LogP contribution is 2.35. The van der Waals surface area contributed by atoms with E-state index in [0.717, 1.165) is 18.2 Å². The molecule has 3 aromatic rings. The van der Waals surface area contributed by atoms with Gasteiger partial charge in [0.15, 0.2) is 0 Å². The Hall–Kier alpha value is -2.43. The Balaban J connectivity index is 1.80. The van der Waals surface area contributed by atoms with Crippen molar-refractivity contribution in [1.82, 2.24) is 14.3 Å². The van der Waals surface area contributed by atoms with Gasteiger partial charge in [0.2, 0.25) is 10.0 Å². The largest absolute Gasteiger partial charge is 0.417 e. The molecule has 0 radical (unpaired) electrons. The molecule has 0 unspecified atom stereocenters. The predicted molar refractivity (Wildman–Crippen MR) is 94.0 cm³/mol. The van der Waals surface area contributed by atoms with Crippen molar-refractivity contribution in [2.24, 2.45) is 0 Å². The van der Waals surface area contributed by atoms with E-state index in [0.29, 0.717) is 6.07 Å². The molecule has 2 aromatic carbocycles. The molecule has 0 aliphatic heterocycles. The Bertz CT molecular complexity index is 1100. The van der Waals surface area contributed by atoms with Crippen LogP contribution in [0.2, 0.25) is 5.02 Å². The van der Waals surface area contributed by atoms with Crippen molar-refractivity contribution in [2.45, 2.75) is 17.6 Å². The second-order valence-corrected chi connectivity index (χ2v) is 7.89. The summed E-state index contributed by atoms with van der Waals surface area (Å²) in [7, 11) is -4.27. The number of hydrogen-bond donors (Lipinski definition) is 1. The molecule has 1 aromatic heterocycles. The van der Waals surface area contributed by atoms with E-state index in [1.54, 1.807) is 6.20 Å². The van der Waals surface area contributed by atoms with Crippen molar-refractivity contribution < 1.29 is 26.0 Å². The summed E-state index contributed by atoms with van der Waals surface area (Å²) < 4.78 is 81.2. The minimum atomic E-state index is -4.80. The van der Waals surface area contributed by atoms with E-state index in [9.17, 15) is 26.0 Å². The lowest BCUT2D eigenvalue weighted by Gasteiger charge is -2.12. The summed E-state index contributed by atoms with van der Waals surface area (Å²) in [5.74, 6) is -0.611. The molecular formula is C17H12ClF4N3O2S. The van der Waals surface area contributed by atoms with Gasteiger partial charge in [-0.15, -0.1) is 0 Å². The van der Waals surface area contributed by atoms with Crippen LogP contribution in [0.15, 0.2) is 60.0 Å². The number of benzene rings is 2. The van der Waals surface area contributed by atoms with Crippen LogP contribution in [0.5, 0.6) is 0 Å². The van der Waals surface area contributed by atoms with Crippen molar-refractivity contribution in [3.63, 3.8) is 0 Å². The van der Waals surface area contributed by atoms with E-state index in [1.807, 2.05) is 0 Å². The molecule has 3 rings (SSSR count). The van der Waals surface area contributed by atoms with Crippen molar-refractivity contribution in [3.05, 3.63) is 77.1 Å². The van der Waals surface area contributed by atoms with Crippen LogP contribution >= 0.6 is 11.6 Å². The van der Waals surface area contributed by atoms with Gasteiger partial charge in [0.05, 0.1) is 27.5 Å². The minimum absolute atomic E-state index is 0.219. The number of sulfonamides is 1. The highest BCUT2D eigenvalue weighted by atomic mass is 35.5. The summed E-state index contributed by atoms with van der Waals surface area (Å²) in [5.41, 5.74) is -0.751. The highest BCUT2D eigenvalue weighted by Gasteiger charge is 2.34. The fourth-order valence-corrected chi connectivity index (χ4v) is 3.69. The summed E-state index contributed by atoms with van der Waals surface area (Å²) in [6, 6.07) is 6.32. The standard InChI is InChI=1S/C17H12ClF4N3O2S/c18-14-3-2-12(8-13(14)17(20,21)22)28(26,27)24-9-11-1-4-16(15(19)7-11)25-6-5-23-10-25/h1-8,10,24H,9H2. The lowest BCUT2D eigenvalue weighted by atomic mass is 10.2. The minimum Gasteiger partial charge on any atom is -0.303 e. The molecule has 148 valence electrons. The molecule has 0 aliphatic carbocycles. The highest BCUT2D eigenvalue weighted by molar-refractivity contribution is 7.89. The number of aromatic nitrogens is 2. The maximum atomic E-state index is 14.2. The van der Waals surface area contributed by atoms with Gasteiger partial charge in [0, 0.05) is 18.9 Å². The van der Waals surface area contributed by atoms with Crippen LogP contribution in [0, 0.1) is 5.82 Å². The smallest absolute Gasteiger partial charge is 0.303 e. The predicted octanol–water partition coefficient (Wildman–Crippen LogP) is 4.16. The topological polar surface area (TPSA) is 64.0 Å². The molecule has 0 aliphatic rings. The van der Waals surface area contributed by atoms with Gasteiger partial charge < -0.3 is 4.57 Å². The zero-order chi connectivity index (χ0) is 20.5. The molecule has 1 heterocycles. The molecule has 0 bridgehead atoms. The molecule has 0 saturated heterocycles.